The third-order valence-corrected chi connectivity index (χ3v) is 6.02. The Morgan fingerprint density at radius 2 is 1.84 bits per heavy atom. The Hall–Kier alpha value is -1.84. The van der Waals surface area contributed by atoms with Crippen LogP contribution in [0.1, 0.15) is 51.0 Å². The second kappa shape index (κ2) is 7.19. The lowest BCUT2D eigenvalue weighted by Crippen LogP contribution is -2.53. The van der Waals surface area contributed by atoms with Gasteiger partial charge in [0.1, 0.15) is 0 Å². The van der Waals surface area contributed by atoms with E-state index in [0.29, 0.717) is 24.7 Å². The van der Waals surface area contributed by atoms with Crippen molar-refractivity contribution in [3.05, 3.63) is 35.9 Å². The van der Waals surface area contributed by atoms with Crippen LogP contribution in [-0.2, 0) is 9.59 Å². The molecular weight excluding hydrogens is 312 g/mol. The van der Waals surface area contributed by atoms with Crippen molar-refractivity contribution in [3.8, 4) is 0 Å². The maximum absolute atomic E-state index is 12.5. The molecule has 0 aliphatic carbocycles. The molecule has 2 aliphatic rings. The summed E-state index contributed by atoms with van der Waals surface area (Å²) in [7, 11) is 1.91. The minimum Gasteiger partial charge on any atom is -0.345 e. The van der Waals surface area contributed by atoms with Crippen molar-refractivity contribution < 1.29 is 9.59 Å². The number of hydrogen-bond donors (Lipinski definition) is 0. The van der Waals surface area contributed by atoms with Crippen molar-refractivity contribution in [2.24, 2.45) is 11.3 Å². The van der Waals surface area contributed by atoms with Gasteiger partial charge < -0.3 is 9.80 Å². The van der Waals surface area contributed by atoms with Crippen LogP contribution in [0.3, 0.4) is 0 Å². The van der Waals surface area contributed by atoms with E-state index < -0.39 is 0 Å². The number of carbonyl (C=O) groups excluding carboxylic acids is 2. The molecule has 2 fully saturated rings. The Morgan fingerprint density at radius 3 is 2.44 bits per heavy atom. The maximum atomic E-state index is 12.5. The molecule has 0 saturated carbocycles. The number of likely N-dealkylation sites (N-methyl/N-ethyl adjacent to an activating group) is 1. The summed E-state index contributed by atoms with van der Waals surface area (Å²) < 4.78 is 0. The standard InChI is InChI=1S/C21H30N2O2/c1-16(2)13-19(24)23-11-9-21(10-12-23)14-20(25)22(3)15-18(21)17-7-5-4-6-8-17/h4-8,16,18H,9-15H2,1-3H3. The fraction of sp³-hybridized carbons (Fsp3) is 0.619. The van der Waals surface area contributed by atoms with E-state index in [1.807, 2.05) is 22.9 Å². The number of carbonyl (C=O) groups is 2. The highest BCUT2D eigenvalue weighted by molar-refractivity contribution is 5.79. The van der Waals surface area contributed by atoms with Crippen LogP contribution in [0, 0.1) is 11.3 Å². The molecule has 4 nitrogen and oxygen atoms in total. The summed E-state index contributed by atoms with van der Waals surface area (Å²) in [5.41, 5.74) is 1.32. The van der Waals surface area contributed by atoms with Gasteiger partial charge in [-0.25, -0.2) is 0 Å². The molecule has 0 radical (unpaired) electrons. The van der Waals surface area contributed by atoms with Gasteiger partial charge in [-0.1, -0.05) is 44.2 Å². The lowest BCUT2D eigenvalue weighted by atomic mass is 9.62. The normalized spacial score (nSPS) is 23.4. The summed E-state index contributed by atoms with van der Waals surface area (Å²) in [5.74, 6) is 1.26. The smallest absolute Gasteiger partial charge is 0.222 e. The van der Waals surface area contributed by atoms with E-state index >= 15 is 0 Å². The summed E-state index contributed by atoms with van der Waals surface area (Å²) in [4.78, 5) is 28.7. The Bertz CT molecular complexity index is 618. The average molecular weight is 342 g/mol. The third-order valence-electron chi connectivity index (χ3n) is 6.02. The third kappa shape index (κ3) is 3.73. The zero-order valence-corrected chi connectivity index (χ0v) is 15.7. The van der Waals surface area contributed by atoms with Gasteiger partial charge in [0.25, 0.3) is 0 Å². The van der Waals surface area contributed by atoms with E-state index in [1.54, 1.807) is 0 Å². The Morgan fingerprint density at radius 1 is 1.20 bits per heavy atom. The Labute approximate surface area is 151 Å². The molecule has 4 heteroatoms. The van der Waals surface area contributed by atoms with Crippen LogP contribution in [-0.4, -0.2) is 48.3 Å². The molecule has 2 amide bonds. The van der Waals surface area contributed by atoms with Gasteiger partial charge in [0.2, 0.25) is 11.8 Å². The first-order chi connectivity index (χ1) is 11.9. The number of rotatable bonds is 3. The first-order valence-electron chi connectivity index (χ1n) is 9.48. The molecule has 2 aliphatic heterocycles. The van der Waals surface area contributed by atoms with Crippen molar-refractivity contribution >= 4 is 11.8 Å². The van der Waals surface area contributed by atoms with Crippen LogP contribution in [0.2, 0.25) is 0 Å². The zero-order chi connectivity index (χ0) is 18.0. The van der Waals surface area contributed by atoms with Crippen LogP contribution in [0.5, 0.6) is 0 Å². The summed E-state index contributed by atoms with van der Waals surface area (Å²) in [6.07, 6.45) is 3.08. The van der Waals surface area contributed by atoms with E-state index in [1.165, 1.54) is 5.56 Å². The van der Waals surface area contributed by atoms with E-state index in [-0.39, 0.29) is 17.2 Å². The summed E-state index contributed by atoms with van der Waals surface area (Å²) in [5, 5.41) is 0. The SMILES string of the molecule is CC(C)CC(=O)N1CCC2(CC1)CC(=O)N(C)CC2c1ccccc1. The number of benzene rings is 1. The Balaban J connectivity index is 1.78. The number of nitrogens with zero attached hydrogens (tertiary/aromatic N) is 2. The van der Waals surface area contributed by atoms with Crippen molar-refractivity contribution in [2.45, 2.75) is 45.4 Å². The molecule has 1 spiro atoms. The lowest BCUT2D eigenvalue weighted by molar-refractivity contribution is -0.142. The fourth-order valence-corrected chi connectivity index (χ4v) is 4.48. The van der Waals surface area contributed by atoms with Gasteiger partial charge >= 0.3 is 0 Å². The first-order valence-corrected chi connectivity index (χ1v) is 9.48. The fourth-order valence-electron chi connectivity index (χ4n) is 4.48. The largest absolute Gasteiger partial charge is 0.345 e. The molecular formula is C21H30N2O2. The summed E-state index contributed by atoms with van der Waals surface area (Å²) >= 11 is 0. The van der Waals surface area contributed by atoms with Crippen LogP contribution < -0.4 is 0 Å². The van der Waals surface area contributed by atoms with Gasteiger partial charge in [-0.05, 0) is 29.7 Å². The van der Waals surface area contributed by atoms with Crippen molar-refractivity contribution in [1.82, 2.24) is 9.80 Å². The number of likely N-dealkylation sites (tertiary alicyclic amines) is 2. The summed E-state index contributed by atoms with van der Waals surface area (Å²) in [6, 6.07) is 10.6. The lowest BCUT2D eigenvalue weighted by Gasteiger charge is -2.51. The van der Waals surface area contributed by atoms with E-state index in [2.05, 4.69) is 38.1 Å². The van der Waals surface area contributed by atoms with Crippen molar-refractivity contribution in [1.29, 1.82) is 0 Å². The number of piperidine rings is 2. The Kier molecular flexibility index (Phi) is 5.16. The molecule has 0 bridgehead atoms. The molecule has 0 aromatic heterocycles. The van der Waals surface area contributed by atoms with E-state index in [4.69, 9.17) is 0 Å². The second-order valence-electron chi connectivity index (χ2n) is 8.26. The molecule has 1 atom stereocenters. The second-order valence-corrected chi connectivity index (χ2v) is 8.26. The van der Waals surface area contributed by atoms with E-state index in [9.17, 15) is 9.59 Å². The molecule has 1 aromatic carbocycles. The molecule has 136 valence electrons. The quantitative estimate of drug-likeness (QED) is 0.846. The minimum absolute atomic E-state index is 0.000439. The molecule has 1 unspecified atom stereocenters. The minimum atomic E-state index is -0.000439. The zero-order valence-electron chi connectivity index (χ0n) is 15.7. The van der Waals surface area contributed by atoms with Gasteiger partial charge in [0.05, 0.1) is 0 Å². The molecule has 1 aromatic rings. The van der Waals surface area contributed by atoms with Gasteiger partial charge in [-0.2, -0.15) is 0 Å². The van der Waals surface area contributed by atoms with Gasteiger partial charge in [-0.15, -0.1) is 0 Å². The molecule has 25 heavy (non-hydrogen) atoms. The predicted molar refractivity (Wildman–Crippen MR) is 99.1 cm³/mol. The number of amides is 2. The first kappa shape index (κ1) is 18.0. The van der Waals surface area contributed by atoms with Gasteiger partial charge in [0, 0.05) is 45.4 Å². The van der Waals surface area contributed by atoms with Gasteiger partial charge in [0.15, 0.2) is 0 Å². The van der Waals surface area contributed by atoms with Crippen molar-refractivity contribution in [2.75, 3.05) is 26.7 Å². The number of hydrogen-bond acceptors (Lipinski definition) is 2. The van der Waals surface area contributed by atoms with Crippen molar-refractivity contribution in [3.63, 3.8) is 0 Å². The predicted octanol–water partition coefficient (Wildman–Crippen LogP) is 3.29. The molecule has 2 heterocycles. The van der Waals surface area contributed by atoms with Crippen LogP contribution in [0.15, 0.2) is 30.3 Å². The van der Waals surface area contributed by atoms with Crippen LogP contribution in [0.25, 0.3) is 0 Å². The van der Waals surface area contributed by atoms with E-state index in [0.717, 1.165) is 32.5 Å². The highest BCUT2D eigenvalue weighted by Crippen LogP contribution is 2.50. The summed E-state index contributed by atoms with van der Waals surface area (Å²) in [6.45, 7) is 6.52. The highest BCUT2D eigenvalue weighted by Gasteiger charge is 2.48. The monoisotopic (exact) mass is 342 g/mol. The molecule has 3 rings (SSSR count). The van der Waals surface area contributed by atoms with Crippen LogP contribution >= 0.6 is 0 Å². The molecule has 2 saturated heterocycles. The molecule has 0 N–H and O–H groups in total. The average Bonchev–Trinajstić information content (AvgIpc) is 2.59. The highest BCUT2D eigenvalue weighted by atomic mass is 16.2. The van der Waals surface area contributed by atoms with Gasteiger partial charge in [-0.3, -0.25) is 9.59 Å². The topological polar surface area (TPSA) is 40.6 Å². The van der Waals surface area contributed by atoms with Crippen LogP contribution in [0.4, 0.5) is 0 Å². The maximum Gasteiger partial charge on any atom is 0.222 e.